The molecule has 2 nitrogen and oxygen atoms in total. The molecule has 0 spiro atoms. The topological polar surface area (TPSA) is 21.3 Å². The highest BCUT2D eigenvalue weighted by Crippen LogP contribution is 2.18. The van der Waals surface area contributed by atoms with E-state index in [0.717, 1.165) is 18.0 Å². The zero-order chi connectivity index (χ0) is 14.4. The first-order chi connectivity index (χ1) is 9.69. The predicted molar refractivity (Wildman–Crippen MR) is 84.0 cm³/mol. The summed E-state index contributed by atoms with van der Waals surface area (Å²) in [6.45, 7) is 5.27. The Balaban J connectivity index is 2.01. The van der Waals surface area contributed by atoms with E-state index in [1.54, 1.807) is 0 Å². The summed E-state index contributed by atoms with van der Waals surface area (Å²) in [7, 11) is 0. The monoisotopic (exact) mass is 265 g/mol. The number of benzene rings is 2. The van der Waals surface area contributed by atoms with E-state index in [2.05, 4.69) is 49.4 Å². The normalized spacial score (nSPS) is 9.85. The Bertz CT molecular complexity index is 626. The summed E-state index contributed by atoms with van der Waals surface area (Å²) in [6.07, 6.45) is 5.19. The van der Waals surface area contributed by atoms with Gasteiger partial charge in [-0.1, -0.05) is 35.7 Å². The minimum absolute atomic E-state index is 0.300. The number of aryl methyl sites for hydroxylation is 2. The molecular formula is C18H19NO. The largest absolute Gasteiger partial charge is 0.481 e. The summed E-state index contributed by atoms with van der Waals surface area (Å²) in [5.74, 6) is 3.28. The molecule has 0 radical (unpaired) electrons. The van der Waals surface area contributed by atoms with Crippen LogP contribution in [0.25, 0.3) is 0 Å². The third kappa shape index (κ3) is 3.80. The lowest BCUT2D eigenvalue weighted by atomic mass is 10.1. The Hall–Kier alpha value is -2.40. The lowest BCUT2D eigenvalue weighted by Gasteiger charge is -2.11. The Morgan fingerprint density at radius 1 is 1.15 bits per heavy atom. The first-order valence-corrected chi connectivity index (χ1v) is 6.65. The van der Waals surface area contributed by atoms with E-state index < -0.39 is 0 Å². The van der Waals surface area contributed by atoms with Crippen molar-refractivity contribution in [2.75, 3.05) is 11.9 Å². The number of rotatable bonds is 5. The number of ether oxygens (including phenoxy) is 1. The van der Waals surface area contributed by atoms with Gasteiger partial charge in [0.2, 0.25) is 0 Å². The molecule has 0 bridgehead atoms. The van der Waals surface area contributed by atoms with Gasteiger partial charge in [-0.15, -0.1) is 6.42 Å². The molecule has 0 aliphatic heterocycles. The quantitative estimate of drug-likeness (QED) is 0.827. The fourth-order valence-corrected chi connectivity index (χ4v) is 2.08. The Labute approximate surface area is 120 Å². The van der Waals surface area contributed by atoms with Crippen LogP contribution in [0, 0.1) is 26.2 Å². The van der Waals surface area contributed by atoms with Crippen LogP contribution in [-0.4, -0.2) is 6.61 Å². The molecule has 0 aliphatic rings. The highest BCUT2D eigenvalue weighted by atomic mass is 16.5. The van der Waals surface area contributed by atoms with Gasteiger partial charge in [-0.25, -0.2) is 0 Å². The molecule has 0 heterocycles. The average Bonchev–Trinajstić information content (AvgIpc) is 2.45. The molecule has 2 aromatic carbocycles. The average molecular weight is 265 g/mol. The van der Waals surface area contributed by atoms with Crippen molar-refractivity contribution in [2.45, 2.75) is 20.4 Å². The molecule has 0 aliphatic carbocycles. The van der Waals surface area contributed by atoms with E-state index >= 15 is 0 Å². The highest BCUT2D eigenvalue weighted by molar-refractivity contribution is 5.52. The molecule has 2 aromatic rings. The zero-order valence-electron chi connectivity index (χ0n) is 11.9. The molecule has 0 saturated heterocycles. The van der Waals surface area contributed by atoms with Crippen LogP contribution in [-0.2, 0) is 6.54 Å². The van der Waals surface area contributed by atoms with Gasteiger partial charge in [0.05, 0.1) is 0 Å². The molecule has 0 unspecified atom stereocenters. The standard InChI is InChI=1S/C18H19NO/c1-4-10-20-17-7-5-6-16(12-17)13-19-18-9-8-14(2)11-15(18)3/h1,5-9,11-12,19H,10,13H2,2-3H3. The molecule has 0 fully saturated rings. The number of nitrogens with one attached hydrogen (secondary N) is 1. The van der Waals surface area contributed by atoms with Gasteiger partial charge in [0.25, 0.3) is 0 Å². The number of hydrogen-bond donors (Lipinski definition) is 1. The van der Waals surface area contributed by atoms with Crippen molar-refractivity contribution in [1.29, 1.82) is 0 Å². The van der Waals surface area contributed by atoms with Gasteiger partial charge >= 0.3 is 0 Å². The molecule has 2 heteroatoms. The fourth-order valence-electron chi connectivity index (χ4n) is 2.08. The van der Waals surface area contributed by atoms with Crippen molar-refractivity contribution in [3.05, 3.63) is 59.2 Å². The zero-order valence-corrected chi connectivity index (χ0v) is 11.9. The van der Waals surface area contributed by atoms with E-state index in [0.29, 0.717) is 6.61 Å². The van der Waals surface area contributed by atoms with Crippen LogP contribution >= 0.6 is 0 Å². The summed E-state index contributed by atoms with van der Waals surface area (Å²) >= 11 is 0. The van der Waals surface area contributed by atoms with Crippen LogP contribution in [0.15, 0.2) is 42.5 Å². The lowest BCUT2D eigenvalue weighted by Crippen LogP contribution is -2.02. The van der Waals surface area contributed by atoms with Crippen LogP contribution in [0.4, 0.5) is 5.69 Å². The summed E-state index contributed by atoms with van der Waals surface area (Å²) < 4.78 is 5.42. The highest BCUT2D eigenvalue weighted by Gasteiger charge is 2.00. The Morgan fingerprint density at radius 2 is 2.00 bits per heavy atom. The summed E-state index contributed by atoms with van der Waals surface area (Å²) in [5.41, 5.74) is 4.85. The summed E-state index contributed by atoms with van der Waals surface area (Å²) in [6, 6.07) is 14.4. The molecule has 0 amide bonds. The van der Waals surface area contributed by atoms with E-state index in [4.69, 9.17) is 11.2 Å². The maximum atomic E-state index is 5.42. The minimum Gasteiger partial charge on any atom is -0.481 e. The third-order valence-corrected chi connectivity index (χ3v) is 3.09. The van der Waals surface area contributed by atoms with Crippen LogP contribution < -0.4 is 10.1 Å². The minimum atomic E-state index is 0.300. The van der Waals surface area contributed by atoms with E-state index in [-0.39, 0.29) is 0 Å². The molecule has 0 saturated carbocycles. The molecule has 2 rings (SSSR count). The maximum Gasteiger partial charge on any atom is 0.148 e. The summed E-state index contributed by atoms with van der Waals surface area (Å²) in [5, 5.41) is 3.44. The fraction of sp³-hybridized carbons (Fsp3) is 0.222. The van der Waals surface area contributed by atoms with E-state index in [1.807, 2.05) is 18.2 Å². The van der Waals surface area contributed by atoms with Gasteiger partial charge < -0.3 is 10.1 Å². The Morgan fingerprint density at radius 3 is 2.75 bits per heavy atom. The molecule has 0 aromatic heterocycles. The van der Waals surface area contributed by atoms with Crippen molar-refractivity contribution in [3.8, 4) is 18.1 Å². The third-order valence-electron chi connectivity index (χ3n) is 3.09. The van der Waals surface area contributed by atoms with E-state index in [1.165, 1.54) is 16.7 Å². The van der Waals surface area contributed by atoms with Crippen molar-refractivity contribution in [1.82, 2.24) is 0 Å². The van der Waals surface area contributed by atoms with Crippen LogP contribution in [0.1, 0.15) is 16.7 Å². The second-order valence-electron chi connectivity index (χ2n) is 4.81. The second-order valence-corrected chi connectivity index (χ2v) is 4.81. The molecule has 20 heavy (non-hydrogen) atoms. The maximum absolute atomic E-state index is 5.42. The SMILES string of the molecule is C#CCOc1cccc(CNc2ccc(C)cc2C)c1. The lowest BCUT2D eigenvalue weighted by molar-refractivity contribution is 0.370. The predicted octanol–water partition coefficient (Wildman–Crippen LogP) is 3.93. The van der Waals surface area contributed by atoms with Crippen molar-refractivity contribution < 1.29 is 4.74 Å². The van der Waals surface area contributed by atoms with Crippen LogP contribution in [0.3, 0.4) is 0 Å². The first-order valence-electron chi connectivity index (χ1n) is 6.65. The van der Waals surface area contributed by atoms with Gasteiger partial charge in [0.15, 0.2) is 0 Å². The van der Waals surface area contributed by atoms with Gasteiger partial charge in [-0.05, 0) is 43.2 Å². The van der Waals surface area contributed by atoms with Crippen LogP contribution in [0.2, 0.25) is 0 Å². The Kier molecular flexibility index (Phi) is 4.68. The van der Waals surface area contributed by atoms with Gasteiger partial charge in [-0.2, -0.15) is 0 Å². The van der Waals surface area contributed by atoms with Gasteiger partial charge in [0.1, 0.15) is 12.4 Å². The number of hydrogen-bond acceptors (Lipinski definition) is 2. The van der Waals surface area contributed by atoms with Crippen molar-refractivity contribution >= 4 is 5.69 Å². The molecule has 1 N–H and O–H groups in total. The summed E-state index contributed by atoms with van der Waals surface area (Å²) in [4.78, 5) is 0. The first kappa shape index (κ1) is 14.0. The molecule has 0 atom stereocenters. The second kappa shape index (κ2) is 6.68. The van der Waals surface area contributed by atoms with Crippen molar-refractivity contribution in [2.24, 2.45) is 0 Å². The van der Waals surface area contributed by atoms with Gasteiger partial charge in [0, 0.05) is 12.2 Å². The smallest absolute Gasteiger partial charge is 0.148 e. The van der Waals surface area contributed by atoms with Crippen LogP contribution in [0.5, 0.6) is 5.75 Å². The van der Waals surface area contributed by atoms with Gasteiger partial charge in [-0.3, -0.25) is 0 Å². The van der Waals surface area contributed by atoms with Crippen molar-refractivity contribution in [3.63, 3.8) is 0 Å². The number of anilines is 1. The molecule has 102 valence electrons. The van der Waals surface area contributed by atoms with E-state index in [9.17, 15) is 0 Å². The number of terminal acetylenes is 1. The molecular weight excluding hydrogens is 246 g/mol.